The number of rotatable bonds is 6. The van der Waals surface area contributed by atoms with Crippen molar-refractivity contribution in [3.8, 4) is 0 Å². The van der Waals surface area contributed by atoms with Crippen LogP contribution in [0.5, 0.6) is 0 Å². The molecule has 0 amide bonds. The zero-order valence-corrected chi connectivity index (χ0v) is 12.7. The molecule has 20 heavy (non-hydrogen) atoms. The molecule has 2 unspecified atom stereocenters. The number of ether oxygens (including phenoxy) is 1. The first-order valence-corrected chi connectivity index (χ1v) is 7.53. The lowest BCUT2D eigenvalue weighted by molar-refractivity contribution is -0.0450. The molecule has 2 heterocycles. The monoisotopic (exact) mass is 282 g/mol. The molecule has 1 aromatic rings. The molecule has 0 aromatic carbocycles. The van der Waals surface area contributed by atoms with E-state index in [0.29, 0.717) is 30.8 Å². The molecule has 2 rings (SSSR count). The topological polar surface area (TPSA) is 77.4 Å². The van der Waals surface area contributed by atoms with Gasteiger partial charge in [0.05, 0.1) is 6.61 Å². The highest BCUT2D eigenvalue weighted by molar-refractivity contribution is 4.95. The number of morpholine rings is 1. The van der Waals surface area contributed by atoms with Gasteiger partial charge in [0.15, 0.2) is 0 Å². The molecule has 6 heteroatoms. The molecule has 2 atom stereocenters. The third-order valence-corrected chi connectivity index (χ3v) is 3.70. The van der Waals surface area contributed by atoms with Gasteiger partial charge in [0, 0.05) is 31.6 Å². The first-order chi connectivity index (χ1) is 9.60. The molecule has 0 spiro atoms. The van der Waals surface area contributed by atoms with Crippen molar-refractivity contribution in [1.82, 2.24) is 15.0 Å². The third kappa shape index (κ3) is 4.01. The van der Waals surface area contributed by atoms with E-state index in [1.807, 2.05) is 0 Å². The Bertz CT molecular complexity index is 408. The summed E-state index contributed by atoms with van der Waals surface area (Å²) in [6.45, 7) is 8.98. The Morgan fingerprint density at radius 3 is 2.95 bits per heavy atom. The number of hydrogen-bond acceptors (Lipinski definition) is 6. The molecule has 1 aliphatic rings. The fourth-order valence-electron chi connectivity index (χ4n) is 2.47. The Kier molecular flexibility index (Phi) is 5.51. The number of nitrogens with zero attached hydrogens (tertiary/aromatic N) is 3. The van der Waals surface area contributed by atoms with E-state index in [1.54, 1.807) is 0 Å². The van der Waals surface area contributed by atoms with Gasteiger partial charge < -0.3 is 15.0 Å². The highest BCUT2D eigenvalue weighted by Crippen LogP contribution is 2.21. The van der Waals surface area contributed by atoms with Crippen LogP contribution in [0.2, 0.25) is 0 Å². The smallest absolute Gasteiger partial charge is 0.228 e. The Hall–Kier alpha value is -0.980. The molecule has 6 nitrogen and oxygen atoms in total. The fourth-order valence-corrected chi connectivity index (χ4v) is 2.47. The summed E-state index contributed by atoms with van der Waals surface area (Å²) in [4.78, 5) is 6.81. The summed E-state index contributed by atoms with van der Waals surface area (Å²) in [5.74, 6) is 1.26. The molecule has 1 aliphatic heterocycles. The average molecular weight is 282 g/mol. The van der Waals surface area contributed by atoms with Gasteiger partial charge in [0.25, 0.3) is 0 Å². The number of nitrogens with two attached hydrogens (primary N) is 1. The lowest BCUT2D eigenvalue weighted by Gasteiger charge is -2.34. The molecular formula is C14H26N4O2. The van der Waals surface area contributed by atoms with Crippen LogP contribution in [0.4, 0.5) is 0 Å². The van der Waals surface area contributed by atoms with Crippen molar-refractivity contribution in [2.45, 2.75) is 58.2 Å². The lowest BCUT2D eigenvalue weighted by Crippen LogP contribution is -2.42. The van der Waals surface area contributed by atoms with Gasteiger partial charge in [-0.05, 0) is 20.3 Å². The summed E-state index contributed by atoms with van der Waals surface area (Å²) < 4.78 is 11.0. The quantitative estimate of drug-likeness (QED) is 0.852. The van der Waals surface area contributed by atoms with E-state index >= 15 is 0 Å². The molecule has 1 saturated heterocycles. The molecule has 0 radical (unpaired) electrons. The van der Waals surface area contributed by atoms with Gasteiger partial charge in [-0.2, -0.15) is 4.98 Å². The van der Waals surface area contributed by atoms with E-state index in [9.17, 15) is 0 Å². The second-order valence-electron chi connectivity index (χ2n) is 5.75. The lowest BCUT2D eigenvalue weighted by atomic mass is 10.1. The second kappa shape index (κ2) is 7.15. The van der Waals surface area contributed by atoms with Crippen molar-refractivity contribution in [3.05, 3.63) is 11.7 Å². The zero-order chi connectivity index (χ0) is 14.5. The Morgan fingerprint density at radius 1 is 1.45 bits per heavy atom. The van der Waals surface area contributed by atoms with Crippen LogP contribution in [0, 0.1) is 0 Å². The highest BCUT2D eigenvalue weighted by atomic mass is 16.5. The number of aromatic nitrogens is 2. The Balaban J connectivity index is 1.94. The van der Waals surface area contributed by atoms with Gasteiger partial charge in [-0.25, -0.2) is 0 Å². The van der Waals surface area contributed by atoms with E-state index in [2.05, 4.69) is 35.8 Å². The van der Waals surface area contributed by atoms with Gasteiger partial charge in [-0.3, -0.25) is 4.90 Å². The molecule has 1 aromatic heterocycles. The second-order valence-corrected chi connectivity index (χ2v) is 5.75. The van der Waals surface area contributed by atoms with E-state index in [4.69, 9.17) is 15.0 Å². The molecule has 2 N–H and O–H groups in total. The molecule has 0 bridgehead atoms. The van der Waals surface area contributed by atoms with E-state index in [1.165, 1.54) is 0 Å². The first kappa shape index (κ1) is 15.4. The highest BCUT2D eigenvalue weighted by Gasteiger charge is 2.27. The maximum atomic E-state index is 6.00. The van der Waals surface area contributed by atoms with Crippen molar-refractivity contribution in [2.75, 3.05) is 19.7 Å². The maximum Gasteiger partial charge on any atom is 0.228 e. The van der Waals surface area contributed by atoms with Crippen molar-refractivity contribution in [1.29, 1.82) is 0 Å². The van der Waals surface area contributed by atoms with Crippen LogP contribution in [0.3, 0.4) is 0 Å². The Labute approximate surface area is 120 Å². The largest absolute Gasteiger partial charge is 0.367 e. The van der Waals surface area contributed by atoms with Crippen molar-refractivity contribution < 1.29 is 9.26 Å². The summed E-state index contributed by atoms with van der Waals surface area (Å²) >= 11 is 0. The maximum absolute atomic E-state index is 6.00. The molecule has 1 fully saturated rings. The summed E-state index contributed by atoms with van der Waals surface area (Å²) in [5, 5.41) is 4.05. The Morgan fingerprint density at radius 2 is 2.25 bits per heavy atom. The van der Waals surface area contributed by atoms with Crippen LogP contribution in [-0.2, 0) is 11.2 Å². The van der Waals surface area contributed by atoms with Crippen LogP contribution >= 0.6 is 0 Å². The van der Waals surface area contributed by atoms with Crippen LogP contribution in [-0.4, -0.2) is 46.8 Å². The number of hydrogen-bond donors (Lipinski definition) is 1. The predicted molar refractivity (Wildman–Crippen MR) is 76.3 cm³/mol. The molecular weight excluding hydrogens is 256 g/mol. The van der Waals surface area contributed by atoms with E-state index in [-0.39, 0.29) is 12.1 Å². The van der Waals surface area contributed by atoms with Crippen LogP contribution in [0.15, 0.2) is 4.52 Å². The van der Waals surface area contributed by atoms with Crippen LogP contribution < -0.4 is 5.73 Å². The summed E-state index contributed by atoms with van der Waals surface area (Å²) in [6, 6.07) is 0.596. The summed E-state index contributed by atoms with van der Waals surface area (Å²) in [5.41, 5.74) is 6.00. The van der Waals surface area contributed by atoms with Gasteiger partial charge in [0.1, 0.15) is 6.10 Å². The normalized spacial score (nSPS) is 22.4. The summed E-state index contributed by atoms with van der Waals surface area (Å²) in [7, 11) is 0. The molecule has 0 aliphatic carbocycles. The molecule has 114 valence electrons. The van der Waals surface area contributed by atoms with Crippen molar-refractivity contribution >= 4 is 0 Å². The minimum Gasteiger partial charge on any atom is -0.367 e. The standard InChI is InChI=1S/C14H26N4O2/c1-4-5-11(15)8-13-16-14(17-20-13)12-9-18(10(2)3)6-7-19-12/h10-12H,4-9,15H2,1-3H3. The van der Waals surface area contributed by atoms with Crippen LogP contribution in [0.1, 0.15) is 51.4 Å². The minimum atomic E-state index is -0.0916. The van der Waals surface area contributed by atoms with Crippen LogP contribution in [0.25, 0.3) is 0 Å². The van der Waals surface area contributed by atoms with E-state index < -0.39 is 0 Å². The van der Waals surface area contributed by atoms with Gasteiger partial charge in [-0.1, -0.05) is 18.5 Å². The van der Waals surface area contributed by atoms with E-state index in [0.717, 1.165) is 25.9 Å². The van der Waals surface area contributed by atoms with Crippen molar-refractivity contribution in [3.63, 3.8) is 0 Å². The minimum absolute atomic E-state index is 0.0905. The zero-order valence-electron chi connectivity index (χ0n) is 12.7. The summed E-state index contributed by atoms with van der Waals surface area (Å²) in [6.07, 6.45) is 2.59. The molecule has 0 saturated carbocycles. The predicted octanol–water partition coefficient (Wildman–Crippen LogP) is 1.52. The van der Waals surface area contributed by atoms with Gasteiger partial charge in [0.2, 0.25) is 11.7 Å². The van der Waals surface area contributed by atoms with Gasteiger partial charge in [-0.15, -0.1) is 0 Å². The fraction of sp³-hybridized carbons (Fsp3) is 0.857. The first-order valence-electron chi connectivity index (χ1n) is 7.53. The van der Waals surface area contributed by atoms with Gasteiger partial charge >= 0.3 is 0 Å². The SMILES string of the molecule is CCCC(N)Cc1nc(C2CN(C(C)C)CCO2)no1. The third-order valence-electron chi connectivity index (χ3n) is 3.70. The average Bonchev–Trinajstić information content (AvgIpc) is 2.87. The van der Waals surface area contributed by atoms with Crippen molar-refractivity contribution in [2.24, 2.45) is 5.73 Å².